The van der Waals surface area contributed by atoms with Gasteiger partial charge < -0.3 is 30.2 Å². The van der Waals surface area contributed by atoms with Gasteiger partial charge in [0.2, 0.25) is 0 Å². The number of anilines is 3. The quantitative estimate of drug-likeness (QED) is 0.0328. The summed E-state index contributed by atoms with van der Waals surface area (Å²) in [6, 6.07) is 52.3. The molecule has 0 atom stereocenters. The van der Waals surface area contributed by atoms with Crippen molar-refractivity contribution in [2.24, 2.45) is 0 Å². The summed E-state index contributed by atoms with van der Waals surface area (Å²) < 4.78 is 18.0. The summed E-state index contributed by atoms with van der Waals surface area (Å²) in [5.41, 5.74) is 9.58. The smallest absolute Gasteiger partial charge is 0.255 e. The van der Waals surface area contributed by atoms with Crippen LogP contribution in [0, 0.1) is 0 Å². The molecule has 0 saturated heterocycles. The molecule has 0 aliphatic carbocycles. The van der Waals surface area contributed by atoms with Gasteiger partial charge in [-0.3, -0.25) is 14.4 Å². The molecular formula is C81H105N3O6. The summed E-state index contributed by atoms with van der Waals surface area (Å²) in [6.45, 7) is 8.82. The molecule has 0 bridgehead atoms. The van der Waals surface area contributed by atoms with Gasteiger partial charge in [-0.2, -0.15) is 0 Å². The minimum absolute atomic E-state index is 0.192. The van der Waals surface area contributed by atoms with Gasteiger partial charge in [0, 0.05) is 33.8 Å². The Labute approximate surface area is 540 Å². The first-order chi connectivity index (χ1) is 44.3. The first kappa shape index (κ1) is 69.8. The molecule has 7 rings (SSSR count). The standard InChI is InChI=1S/C81H105N3O6/c1-4-7-10-13-16-19-22-25-28-31-58-88-76-52-40-67(41-53-76)79(85)82-73-46-34-64(35-47-73)70-61-71(65-36-48-74(49-37-65)83-80(86)68-42-54-77(55-43-68)89-59-32-29-26-23-20-17-14-11-8-5-2)63-72(62-70)66-38-50-75(51-39-66)84-81(87)69-44-56-78(57-45-69)90-60-33-30-27-24-21-18-15-12-9-6-3/h34-57,61-63H,4-33,58-60H2,1-3H3,(H,82,85)(H,83,86)(H,84,87). The van der Waals surface area contributed by atoms with Crippen LogP contribution >= 0.6 is 0 Å². The third-order valence-corrected chi connectivity index (χ3v) is 17.0. The van der Waals surface area contributed by atoms with Crippen molar-refractivity contribution in [2.45, 2.75) is 213 Å². The summed E-state index contributed by atoms with van der Waals surface area (Å²) in [5.74, 6) is 1.74. The molecule has 480 valence electrons. The molecule has 90 heavy (non-hydrogen) atoms. The zero-order valence-corrected chi connectivity index (χ0v) is 54.9. The first-order valence-corrected chi connectivity index (χ1v) is 34.9. The van der Waals surface area contributed by atoms with Crippen LogP contribution in [-0.2, 0) is 0 Å². The molecule has 7 aromatic rings. The average Bonchev–Trinajstić information content (AvgIpc) is 1.31. The minimum Gasteiger partial charge on any atom is -0.494 e. The van der Waals surface area contributed by atoms with Gasteiger partial charge in [-0.25, -0.2) is 0 Å². The van der Waals surface area contributed by atoms with Gasteiger partial charge in [0.25, 0.3) is 17.7 Å². The van der Waals surface area contributed by atoms with E-state index in [0.29, 0.717) is 53.6 Å². The van der Waals surface area contributed by atoms with Crippen molar-refractivity contribution < 1.29 is 28.6 Å². The van der Waals surface area contributed by atoms with Crippen LogP contribution in [0.3, 0.4) is 0 Å². The van der Waals surface area contributed by atoms with E-state index in [4.69, 9.17) is 14.2 Å². The lowest BCUT2D eigenvalue weighted by Gasteiger charge is -2.13. The molecule has 3 amide bonds. The highest BCUT2D eigenvalue weighted by Gasteiger charge is 2.14. The van der Waals surface area contributed by atoms with Crippen LogP contribution in [0.4, 0.5) is 17.1 Å². The molecule has 9 nitrogen and oxygen atoms in total. The molecule has 0 aromatic heterocycles. The lowest BCUT2D eigenvalue weighted by molar-refractivity contribution is 0.101. The number of benzene rings is 7. The third-order valence-electron chi connectivity index (χ3n) is 17.0. The van der Waals surface area contributed by atoms with E-state index in [9.17, 15) is 14.4 Å². The number of carbonyl (C=O) groups is 3. The number of nitrogens with one attached hydrogen (secondary N) is 3. The molecule has 0 spiro atoms. The summed E-state index contributed by atoms with van der Waals surface area (Å²) in [7, 11) is 0. The van der Waals surface area contributed by atoms with E-state index in [2.05, 4.69) is 54.9 Å². The van der Waals surface area contributed by atoms with Gasteiger partial charge in [-0.05, 0) is 180 Å². The van der Waals surface area contributed by atoms with E-state index >= 15 is 0 Å². The molecule has 0 saturated carbocycles. The average molecular weight is 1220 g/mol. The predicted molar refractivity (Wildman–Crippen MR) is 378 cm³/mol. The lowest BCUT2D eigenvalue weighted by Crippen LogP contribution is -2.11. The summed E-state index contributed by atoms with van der Waals surface area (Å²) in [5, 5.41) is 9.22. The minimum atomic E-state index is -0.192. The van der Waals surface area contributed by atoms with E-state index in [-0.39, 0.29) is 17.7 Å². The van der Waals surface area contributed by atoms with Crippen molar-refractivity contribution in [3.05, 3.63) is 180 Å². The maximum absolute atomic E-state index is 13.5. The fourth-order valence-electron chi connectivity index (χ4n) is 11.4. The maximum Gasteiger partial charge on any atom is 0.255 e. The SMILES string of the molecule is CCCCCCCCCCCCOc1ccc(C(=O)Nc2ccc(-c3cc(-c4ccc(NC(=O)c5ccc(OCCCCCCCCCCCC)cc5)cc4)cc(-c4ccc(NC(=O)c5ccc(OCCCCCCCCCCCC)cc5)cc4)c3)cc2)cc1. The number of hydrogen-bond acceptors (Lipinski definition) is 6. The fourth-order valence-corrected chi connectivity index (χ4v) is 11.4. The van der Waals surface area contributed by atoms with Crippen LogP contribution in [-0.4, -0.2) is 37.5 Å². The van der Waals surface area contributed by atoms with Crippen molar-refractivity contribution >= 4 is 34.8 Å². The van der Waals surface area contributed by atoms with Gasteiger partial charge in [0.05, 0.1) is 19.8 Å². The Bertz CT molecular complexity index is 2750. The van der Waals surface area contributed by atoms with E-state index in [0.717, 1.165) is 69.9 Å². The lowest BCUT2D eigenvalue weighted by atomic mass is 9.93. The number of amides is 3. The Morgan fingerprint density at radius 2 is 0.444 bits per heavy atom. The second-order valence-electron chi connectivity index (χ2n) is 24.6. The topological polar surface area (TPSA) is 115 Å². The summed E-state index contributed by atoms with van der Waals surface area (Å²) >= 11 is 0. The van der Waals surface area contributed by atoms with Gasteiger partial charge in [0.1, 0.15) is 17.2 Å². The van der Waals surface area contributed by atoms with Crippen LogP contribution in [0.15, 0.2) is 164 Å². The normalized spacial score (nSPS) is 11.1. The Kier molecular flexibility index (Phi) is 32.3. The van der Waals surface area contributed by atoms with Crippen LogP contribution in [0.1, 0.15) is 244 Å². The van der Waals surface area contributed by atoms with Gasteiger partial charge >= 0.3 is 0 Å². The molecule has 0 heterocycles. The molecule has 0 aliphatic heterocycles. The Hall–Kier alpha value is -7.65. The van der Waals surface area contributed by atoms with Crippen molar-refractivity contribution in [3.8, 4) is 50.6 Å². The number of hydrogen-bond donors (Lipinski definition) is 3. The van der Waals surface area contributed by atoms with Crippen LogP contribution in [0.5, 0.6) is 17.2 Å². The number of unbranched alkanes of at least 4 members (excludes halogenated alkanes) is 27. The van der Waals surface area contributed by atoms with E-state index in [1.807, 2.05) is 146 Å². The van der Waals surface area contributed by atoms with Crippen molar-refractivity contribution in [2.75, 3.05) is 35.8 Å². The largest absolute Gasteiger partial charge is 0.494 e. The molecule has 7 aromatic carbocycles. The molecule has 9 heteroatoms. The number of rotatable bonds is 45. The van der Waals surface area contributed by atoms with E-state index in [1.54, 1.807) is 0 Å². The highest BCUT2D eigenvalue weighted by Crippen LogP contribution is 2.35. The van der Waals surface area contributed by atoms with Crippen LogP contribution in [0.2, 0.25) is 0 Å². The Morgan fingerprint density at radius 3 is 0.656 bits per heavy atom. The van der Waals surface area contributed by atoms with Crippen molar-refractivity contribution in [1.29, 1.82) is 0 Å². The molecule has 0 radical (unpaired) electrons. The predicted octanol–water partition coefficient (Wildman–Crippen LogP) is 23.3. The maximum atomic E-state index is 13.5. The molecule has 0 fully saturated rings. The van der Waals surface area contributed by atoms with Gasteiger partial charge in [-0.15, -0.1) is 0 Å². The molecule has 0 unspecified atom stereocenters. The Balaban J connectivity index is 0.949. The third kappa shape index (κ3) is 26.1. The number of carbonyl (C=O) groups excluding carboxylic acids is 3. The summed E-state index contributed by atoms with van der Waals surface area (Å²) in [4.78, 5) is 40.4. The van der Waals surface area contributed by atoms with Gasteiger partial charge in [-0.1, -0.05) is 231 Å². The zero-order valence-electron chi connectivity index (χ0n) is 54.9. The molecular weight excluding hydrogens is 1110 g/mol. The van der Waals surface area contributed by atoms with Crippen molar-refractivity contribution in [1.82, 2.24) is 0 Å². The van der Waals surface area contributed by atoms with Gasteiger partial charge in [0.15, 0.2) is 0 Å². The summed E-state index contributed by atoms with van der Waals surface area (Å²) in [6.07, 6.45) is 38.4. The molecule has 0 aliphatic rings. The highest BCUT2D eigenvalue weighted by molar-refractivity contribution is 6.06. The second kappa shape index (κ2) is 41.6. The Morgan fingerprint density at radius 1 is 0.244 bits per heavy atom. The van der Waals surface area contributed by atoms with E-state index in [1.165, 1.54) is 173 Å². The molecule has 3 N–H and O–H groups in total. The monoisotopic (exact) mass is 1220 g/mol. The zero-order chi connectivity index (χ0) is 63.1. The second-order valence-corrected chi connectivity index (χ2v) is 24.6. The van der Waals surface area contributed by atoms with E-state index < -0.39 is 0 Å². The number of ether oxygens (including phenoxy) is 3. The first-order valence-electron chi connectivity index (χ1n) is 34.9. The highest BCUT2D eigenvalue weighted by atomic mass is 16.5. The van der Waals surface area contributed by atoms with Crippen LogP contribution < -0.4 is 30.2 Å². The van der Waals surface area contributed by atoms with Crippen molar-refractivity contribution in [3.63, 3.8) is 0 Å². The van der Waals surface area contributed by atoms with Crippen LogP contribution in [0.25, 0.3) is 33.4 Å². The fraction of sp³-hybridized carbons (Fsp3) is 0.444.